The molecule has 2 heterocycles. The van der Waals surface area contributed by atoms with Gasteiger partial charge in [-0.2, -0.15) is 0 Å². The highest BCUT2D eigenvalue weighted by molar-refractivity contribution is 6.30. The Hall–Kier alpha value is -3.75. The van der Waals surface area contributed by atoms with E-state index in [2.05, 4.69) is 0 Å². The summed E-state index contributed by atoms with van der Waals surface area (Å²) in [6, 6.07) is 19.5. The smallest absolute Gasteiger partial charge is 0.326 e. The standard InChI is InChI=1S/C34H38Cl2N4O4/c1-21(2)33(41)38-16-18-39(19-17-38)34(42)40-31(24-8-12-26(36)13-9-24)30(23-6-10-25(35)11-7-23)37-32(40)28-15-14-27(43-5)20-29(28)44-22(3)4/h6-15,20-22,30-31H,16-19H2,1-5H3. The van der Waals surface area contributed by atoms with Crippen LogP contribution in [0.15, 0.2) is 71.7 Å². The van der Waals surface area contributed by atoms with Gasteiger partial charge in [0.05, 0.1) is 24.8 Å². The van der Waals surface area contributed by atoms with Gasteiger partial charge in [-0.3, -0.25) is 14.7 Å². The second-order valence-electron chi connectivity index (χ2n) is 11.6. The maximum Gasteiger partial charge on any atom is 0.326 e. The highest BCUT2D eigenvalue weighted by atomic mass is 35.5. The maximum absolute atomic E-state index is 14.7. The van der Waals surface area contributed by atoms with Crippen LogP contribution in [0.2, 0.25) is 10.0 Å². The Bertz CT molecular complexity index is 1520. The van der Waals surface area contributed by atoms with Crippen molar-refractivity contribution in [3.63, 3.8) is 0 Å². The molecule has 0 aromatic heterocycles. The molecule has 0 bridgehead atoms. The fourth-order valence-electron chi connectivity index (χ4n) is 5.66. The molecule has 2 aliphatic rings. The van der Waals surface area contributed by atoms with Gasteiger partial charge in [0.2, 0.25) is 5.91 Å². The Kier molecular flexibility index (Phi) is 9.71. The number of aliphatic imine (C=N–C) groups is 1. The largest absolute Gasteiger partial charge is 0.497 e. The van der Waals surface area contributed by atoms with Crippen LogP contribution in [0.3, 0.4) is 0 Å². The van der Waals surface area contributed by atoms with Gasteiger partial charge in [-0.05, 0) is 61.4 Å². The summed E-state index contributed by atoms with van der Waals surface area (Å²) in [5, 5.41) is 1.21. The number of amidine groups is 1. The van der Waals surface area contributed by atoms with E-state index < -0.39 is 12.1 Å². The number of carbonyl (C=O) groups is 2. The highest BCUT2D eigenvalue weighted by Crippen LogP contribution is 2.46. The van der Waals surface area contributed by atoms with E-state index in [1.165, 1.54) is 0 Å². The van der Waals surface area contributed by atoms with Crippen LogP contribution in [0.5, 0.6) is 11.5 Å². The Balaban J connectivity index is 1.63. The average molecular weight is 638 g/mol. The van der Waals surface area contributed by atoms with E-state index >= 15 is 0 Å². The summed E-state index contributed by atoms with van der Waals surface area (Å²) in [6.45, 7) is 9.47. The summed E-state index contributed by atoms with van der Waals surface area (Å²) in [4.78, 5) is 38.0. The number of methoxy groups -OCH3 is 1. The van der Waals surface area contributed by atoms with Crippen molar-refractivity contribution in [1.29, 1.82) is 0 Å². The van der Waals surface area contributed by atoms with Crippen LogP contribution in [0, 0.1) is 5.92 Å². The first-order valence-electron chi connectivity index (χ1n) is 14.9. The molecule has 1 fully saturated rings. The molecular formula is C34H38Cl2N4O4. The molecule has 0 radical (unpaired) electrons. The first kappa shape index (κ1) is 31.7. The van der Waals surface area contributed by atoms with Gasteiger partial charge in [0.1, 0.15) is 23.4 Å². The lowest BCUT2D eigenvalue weighted by Crippen LogP contribution is -2.55. The third kappa shape index (κ3) is 6.66. The van der Waals surface area contributed by atoms with Gasteiger partial charge < -0.3 is 19.3 Å². The third-order valence-corrected chi connectivity index (χ3v) is 8.35. The normalized spacial score (nSPS) is 18.6. The number of carbonyl (C=O) groups excluding carboxylic acids is 2. The topological polar surface area (TPSA) is 74.7 Å². The zero-order valence-corrected chi connectivity index (χ0v) is 27.2. The van der Waals surface area contributed by atoms with Gasteiger partial charge in [0.25, 0.3) is 0 Å². The number of halogens is 2. The van der Waals surface area contributed by atoms with Crippen molar-refractivity contribution >= 4 is 41.0 Å². The number of hydrogen-bond acceptors (Lipinski definition) is 5. The summed E-state index contributed by atoms with van der Waals surface area (Å²) < 4.78 is 11.8. The molecule has 44 heavy (non-hydrogen) atoms. The van der Waals surface area contributed by atoms with E-state index in [0.717, 1.165) is 11.1 Å². The first-order valence-corrected chi connectivity index (χ1v) is 15.6. The molecule has 2 unspecified atom stereocenters. The number of nitrogens with zero attached hydrogens (tertiary/aromatic N) is 4. The van der Waals surface area contributed by atoms with Crippen LogP contribution in [0.25, 0.3) is 0 Å². The minimum atomic E-state index is -0.486. The molecule has 0 aliphatic carbocycles. The van der Waals surface area contributed by atoms with Crippen LogP contribution in [0.1, 0.15) is 56.5 Å². The molecule has 0 spiro atoms. The van der Waals surface area contributed by atoms with E-state index in [1.54, 1.807) is 16.9 Å². The predicted molar refractivity (Wildman–Crippen MR) is 174 cm³/mol. The molecule has 2 aliphatic heterocycles. The van der Waals surface area contributed by atoms with Crippen LogP contribution < -0.4 is 9.47 Å². The van der Waals surface area contributed by atoms with Crippen molar-refractivity contribution in [3.8, 4) is 11.5 Å². The summed E-state index contributed by atoms with van der Waals surface area (Å²) in [5.74, 6) is 1.69. The SMILES string of the molecule is COc1ccc(C2=NC(c3ccc(Cl)cc3)C(c3ccc(Cl)cc3)N2C(=O)N2CCN(C(=O)C(C)C)CC2)c(OC(C)C)c1. The number of ether oxygens (including phenoxy) is 2. The lowest BCUT2D eigenvalue weighted by Gasteiger charge is -2.39. The van der Waals surface area contributed by atoms with Crippen LogP contribution in [-0.2, 0) is 4.79 Å². The minimum Gasteiger partial charge on any atom is -0.497 e. The van der Waals surface area contributed by atoms with Crippen molar-refractivity contribution < 1.29 is 19.1 Å². The monoisotopic (exact) mass is 636 g/mol. The quantitative estimate of drug-likeness (QED) is 0.274. The first-order chi connectivity index (χ1) is 21.1. The molecule has 10 heteroatoms. The summed E-state index contributed by atoms with van der Waals surface area (Å²) in [7, 11) is 1.61. The lowest BCUT2D eigenvalue weighted by atomic mass is 9.93. The molecule has 3 amide bonds. The lowest BCUT2D eigenvalue weighted by molar-refractivity contribution is -0.135. The molecule has 1 saturated heterocycles. The fourth-order valence-corrected chi connectivity index (χ4v) is 5.91. The molecule has 2 atom stereocenters. The average Bonchev–Trinajstić information content (AvgIpc) is 3.41. The zero-order valence-electron chi connectivity index (χ0n) is 25.7. The summed E-state index contributed by atoms with van der Waals surface area (Å²) in [6.07, 6.45) is -0.127. The van der Waals surface area contributed by atoms with Crippen molar-refractivity contribution in [2.75, 3.05) is 33.3 Å². The Morgan fingerprint density at radius 1 is 0.818 bits per heavy atom. The molecule has 3 aromatic carbocycles. The predicted octanol–water partition coefficient (Wildman–Crippen LogP) is 7.25. The van der Waals surface area contributed by atoms with E-state index in [1.807, 2.05) is 99.3 Å². The summed E-state index contributed by atoms with van der Waals surface area (Å²) >= 11 is 12.6. The van der Waals surface area contributed by atoms with Gasteiger partial charge in [-0.25, -0.2) is 4.79 Å². The van der Waals surface area contributed by atoms with Crippen molar-refractivity contribution in [1.82, 2.24) is 14.7 Å². The number of benzene rings is 3. The molecule has 8 nitrogen and oxygen atoms in total. The van der Waals surface area contributed by atoms with E-state index in [4.69, 9.17) is 37.7 Å². The van der Waals surface area contributed by atoms with E-state index in [9.17, 15) is 9.59 Å². The van der Waals surface area contributed by atoms with Crippen molar-refractivity contribution in [2.24, 2.45) is 10.9 Å². The number of piperazine rings is 1. The number of amides is 3. The highest BCUT2D eigenvalue weighted by Gasteiger charge is 2.45. The molecule has 0 saturated carbocycles. The Labute approximate surface area is 269 Å². The molecule has 232 valence electrons. The van der Waals surface area contributed by atoms with Gasteiger partial charge in [0, 0.05) is 48.2 Å². The Morgan fingerprint density at radius 2 is 1.39 bits per heavy atom. The maximum atomic E-state index is 14.7. The van der Waals surface area contributed by atoms with E-state index in [-0.39, 0.29) is 24.0 Å². The third-order valence-electron chi connectivity index (χ3n) is 7.84. The van der Waals surface area contributed by atoms with Gasteiger partial charge in [0.15, 0.2) is 0 Å². The van der Waals surface area contributed by atoms with Crippen LogP contribution >= 0.6 is 23.2 Å². The van der Waals surface area contributed by atoms with Crippen LogP contribution in [0.4, 0.5) is 4.79 Å². The second-order valence-corrected chi connectivity index (χ2v) is 12.5. The molecular weight excluding hydrogens is 599 g/mol. The van der Waals surface area contributed by atoms with Gasteiger partial charge in [-0.15, -0.1) is 0 Å². The summed E-state index contributed by atoms with van der Waals surface area (Å²) in [5.41, 5.74) is 2.47. The Morgan fingerprint density at radius 3 is 1.93 bits per heavy atom. The van der Waals surface area contributed by atoms with Crippen molar-refractivity contribution in [2.45, 2.75) is 45.9 Å². The minimum absolute atomic E-state index is 0.0936. The fraction of sp³-hybridized carbons (Fsp3) is 0.382. The van der Waals surface area contributed by atoms with Crippen LogP contribution in [-0.4, -0.2) is 71.9 Å². The number of hydrogen-bond donors (Lipinski definition) is 0. The van der Waals surface area contributed by atoms with Gasteiger partial charge >= 0.3 is 6.03 Å². The number of rotatable bonds is 7. The zero-order chi connectivity index (χ0) is 31.5. The van der Waals surface area contributed by atoms with Gasteiger partial charge in [-0.1, -0.05) is 61.3 Å². The second kappa shape index (κ2) is 13.5. The molecule has 3 aromatic rings. The molecule has 0 N–H and O–H groups in total. The van der Waals surface area contributed by atoms with Crippen molar-refractivity contribution in [3.05, 3.63) is 93.5 Å². The van der Waals surface area contributed by atoms with E-state index in [0.29, 0.717) is 59.1 Å². The molecule has 5 rings (SSSR count). The number of urea groups is 1.